The molecule has 126 valence electrons. The highest BCUT2D eigenvalue weighted by Crippen LogP contribution is 2.25. The average Bonchev–Trinajstić information content (AvgIpc) is 3.17. The summed E-state index contributed by atoms with van der Waals surface area (Å²) in [6.07, 6.45) is 1.51. The van der Waals surface area contributed by atoms with Gasteiger partial charge in [-0.15, -0.1) is 11.3 Å². The van der Waals surface area contributed by atoms with Gasteiger partial charge in [-0.25, -0.2) is 18.7 Å². The quantitative estimate of drug-likeness (QED) is 0.741. The highest BCUT2D eigenvalue weighted by molar-refractivity contribution is 7.09. The first-order valence-electron chi connectivity index (χ1n) is 7.42. The van der Waals surface area contributed by atoms with Crippen molar-refractivity contribution in [2.75, 3.05) is 0 Å². The minimum atomic E-state index is -0.925. The lowest BCUT2D eigenvalue weighted by Gasteiger charge is -2.23. The monoisotopic (exact) mass is 349 g/mol. The molecular weight excluding hydrogens is 332 g/mol. The van der Waals surface area contributed by atoms with Crippen molar-refractivity contribution in [2.45, 2.75) is 32.9 Å². The topological polar surface area (TPSA) is 51.0 Å². The van der Waals surface area contributed by atoms with Crippen LogP contribution in [0.15, 0.2) is 34.3 Å². The minimum absolute atomic E-state index is 0.258. The molecule has 0 unspecified atom stereocenters. The molecule has 0 aliphatic heterocycles. The number of hydrogen-bond acceptors (Lipinski definition) is 5. The molecule has 1 aromatic carbocycles. The van der Waals surface area contributed by atoms with Crippen molar-refractivity contribution in [3.63, 3.8) is 0 Å². The van der Waals surface area contributed by atoms with Crippen LogP contribution in [0.2, 0.25) is 0 Å². The predicted molar refractivity (Wildman–Crippen MR) is 88.6 cm³/mol. The second-order valence-electron chi connectivity index (χ2n) is 6.05. The fourth-order valence-corrected chi connectivity index (χ4v) is 3.08. The first-order valence-corrected chi connectivity index (χ1v) is 8.30. The van der Waals surface area contributed by atoms with Crippen molar-refractivity contribution in [3.8, 4) is 11.5 Å². The van der Waals surface area contributed by atoms with Crippen LogP contribution in [0.3, 0.4) is 0 Å². The highest BCUT2D eigenvalue weighted by Gasteiger charge is 2.23. The summed E-state index contributed by atoms with van der Waals surface area (Å²) in [5, 5.41) is 6.38. The van der Waals surface area contributed by atoms with E-state index in [1.165, 1.54) is 12.3 Å². The van der Waals surface area contributed by atoms with Crippen LogP contribution in [0.25, 0.3) is 11.5 Å². The van der Waals surface area contributed by atoms with E-state index in [-0.39, 0.29) is 11.4 Å². The summed E-state index contributed by atoms with van der Waals surface area (Å²) in [5.41, 5.74) is 1.76. The van der Waals surface area contributed by atoms with Gasteiger partial charge in [-0.1, -0.05) is 0 Å². The maximum Gasteiger partial charge on any atom is 0.226 e. The first-order chi connectivity index (χ1) is 11.3. The van der Waals surface area contributed by atoms with Crippen LogP contribution < -0.4 is 5.32 Å². The van der Waals surface area contributed by atoms with Gasteiger partial charge >= 0.3 is 0 Å². The van der Waals surface area contributed by atoms with Crippen LogP contribution in [-0.4, -0.2) is 9.97 Å². The van der Waals surface area contributed by atoms with Crippen molar-refractivity contribution in [1.29, 1.82) is 0 Å². The van der Waals surface area contributed by atoms with Crippen LogP contribution in [0.4, 0.5) is 8.78 Å². The molecule has 0 atom stereocenters. The summed E-state index contributed by atoms with van der Waals surface area (Å²) in [6, 6.07) is 3.56. The molecule has 0 bridgehead atoms. The third-order valence-corrected chi connectivity index (χ3v) is 4.87. The number of halogens is 2. The average molecular weight is 349 g/mol. The van der Waals surface area contributed by atoms with Gasteiger partial charge in [-0.3, -0.25) is 0 Å². The van der Waals surface area contributed by atoms with Gasteiger partial charge in [-0.2, -0.15) is 0 Å². The molecule has 0 spiro atoms. The Balaban J connectivity index is 1.71. The maximum absolute atomic E-state index is 13.3. The Morgan fingerprint density at radius 2 is 2.00 bits per heavy atom. The van der Waals surface area contributed by atoms with Crippen molar-refractivity contribution >= 4 is 11.3 Å². The number of oxazole rings is 1. The van der Waals surface area contributed by atoms with E-state index in [2.05, 4.69) is 15.3 Å². The SMILES string of the molecule is Cc1csc(C(C)(C)NCc2coc(-c3ccc(F)c(F)c3)n2)n1. The number of benzene rings is 1. The Hall–Kier alpha value is -2.12. The number of hydrogen-bond donors (Lipinski definition) is 1. The van der Waals surface area contributed by atoms with Crippen molar-refractivity contribution in [3.05, 3.63) is 57.9 Å². The maximum atomic E-state index is 13.3. The summed E-state index contributed by atoms with van der Waals surface area (Å²) >= 11 is 1.60. The minimum Gasteiger partial charge on any atom is -0.444 e. The third-order valence-electron chi connectivity index (χ3n) is 3.58. The summed E-state index contributed by atoms with van der Waals surface area (Å²) < 4.78 is 31.7. The molecule has 2 aromatic heterocycles. The van der Waals surface area contributed by atoms with Crippen LogP contribution in [0.5, 0.6) is 0 Å². The summed E-state index contributed by atoms with van der Waals surface area (Å²) in [7, 11) is 0. The zero-order chi connectivity index (χ0) is 17.3. The van der Waals surface area contributed by atoms with E-state index in [0.29, 0.717) is 17.8 Å². The standard InChI is InChI=1S/C17H17F2N3OS/c1-10-9-24-16(21-10)17(2,3)20-7-12-8-23-15(22-12)11-4-5-13(18)14(19)6-11/h4-6,8-9,20H,7H2,1-3H3. The Kier molecular flexibility index (Phi) is 4.47. The largest absolute Gasteiger partial charge is 0.444 e. The molecular formula is C17H17F2N3OS. The van der Waals surface area contributed by atoms with Crippen LogP contribution >= 0.6 is 11.3 Å². The second-order valence-corrected chi connectivity index (χ2v) is 6.90. The molecule has 7 heteroatoms. The molecule has 1 N–H and O–H groups in total. The Morgan fingerprint density at radius 3 is 2.67 bits per heavy atom. The molecule has 4 nitrogen and oxygen atoms in total. The van der Waals surface area contributed by atoms with Gasteiger partial charge in [0, 0.05) is 23.2 Å². The molecule has 0 radical (unpaired) electrons. The Labute approximate surface area is 142 Å². The molecule has 0 fully saturated rings. The van der Waals surface area contributed by atoms with Crippen molar-refractivity contribution in [2.24, 2.45) is 0 Å². The normalized spacial score (nSPS) is 11.9. The fourth-order valence-electron chi connectivity index (χ4n) is 2.18. The van der Waals surface area contributed by atoms with Crippen LogP contribution in [0.1, 0.15) is 30.2 Å². The van der Waals surface area contributed by atoms with Gasteiger partial charge in [0.25, 0.3) is 0 Å². The molecule has 0 aliphatic rings. The smallest absolute Gasteiger partial charge is 0.226 e. The number of rotatable bonds is 5. The second kappa shape index (κ2) is 6.41. The van der Waals surface area contributed by atoms with Crippen molar-refractivity contribution < 1.29 is 13.2 Å². The van der Waals surface area contributed by atoms with Gasteiger partial charge in [0.1, 0.15) is 11.3 Å². The predicted octanol–water partition coefficient (Wildman–Crippen LogP) is 4.41. The summed E-state index contributed by atoms with van der Waals surface area (Å²) in [4.78, 5) is 8.82. The molecule has 0 saturated carbocycles. The fraction of sp³-hybridized carbons (Fsp3) is 0.294. The van der Waals surface area contributed by atoms with E-state index in [1.807, 2.05) is 26.2 Å². The Morgan fingerprint density at radius 1 is 1.21 bits per heavy atom. The summed E-state index contributed by atoms with van der Waals surface area (Å²) in [6.45, 7) is 6.52. The Bertz CT molecular complexity index is 857. The first kappa shape index (κ1) is 16.7. The van der Waals surface area contributed by atoms with E-state index in [4.69, 9.17) is 4.42 Å². The summed E-state index contributed by atoms with van der Waals surface area (Å²) in [5.74, 6) is -1.56. The molecule has 0 amide bonds. The number of thiazole rings is 1. The number of nitrogens with zero attached hydrogens (tertiary/aromatic N) is 2. The zero-order valence-corrected chi connectivity index (χ0v) is 14.4. The van der Waals surface area contributed by atoms with E-state index < -0.39 is 11.6 Å². The van der Waals surface area contributed by atoms with E-state index in [1.54, 1.807) is 11.3 Å². The van der Waals surface area contributed by atoms with Gasteiger partial charge in [-0.05, 0) is 39.0 Å². The van der Waals surface area contributed by atoms with E-state index in [9.17, 15) is 8.78 Å². The lowest BCUT2D eigenvalue weighted by atomic mass is 10.1. The van der Waals surface area contributed by atoms with Gasteiger partial charge in [0.2, 0.25) is 5.89 Å². The van der Waals surface area contributed by atoms with Gasteiger partial charge < -0.3 is 9.73 Å². The van der Waals surface area contributed by atoms with Crippen molar-refractivity contribution in [1.82, 2.24) is 15.3 Å². The lowest BCUT2D eigenvalue weighted by molar-refractivity contribution is 0.396. The third kappa shape index (κ3) is 3.52. The number of nitrogens with one attached hydrogen (secondary N) is 1. The number of aryl methyl sites for hydroxylation is 1. The molecule has 3 rings (SSSR count). The van der Waals surface area contributed by atoms with Gasteiger partial charge in [0.05, 0.1) is 11.2 Å². The molecule has 0 aliphatic carbocycles. The van der Waals surface area contributed by atoms with Crippen LogP contribution in [-0.2, 0) is 12.1 Å². The molecule has 0 saturated heterocycles. The molecule has 3 aromatic rings. The lowest BCUT2D eigenvalue weighted by Crippen LogP contribution is -2.36. The molecule has 2 heterocycles. The number of aromatic nitrogens is 2. The van der Waals surface area contributed by atoms with E-state index >= 15 is 0 Å². The molecule has 24 heavy (non-hydrogen) atoms. The van der Waals surface area contributed by atoms with E-state index in [0.717, 1.165) is 22.8 Å². The highest BCUT2D eigenvalue weighted by atomic mass is 32.1. The van der Waals surface area contributed by atoms with Gasteiger partial charge in [0.15, 0.2) is 11.6 Å². The zero-order valence-electron chi connectivity index (χ0n) is 13.6. The van der Waals surface area contributed by atoms with Crippen LogP contribution in [0, 0.1) is 18.6 Å².